The van der Waals surface area contributed by atoms with E-state index in [1.165, 1.54) is 5.56 Å². The molecule has 0 aliphatic carbocycles. The van der Waals surface area contributed by atoms with Crippen molar-refractivity contribution in [1.82, 2.24) is 5.32 Å². The Hall–Kier alpha value is -0.930. The van der Waals surface area contributed by atoms with Crippen LogP contribution in [0.15, 0.2) is 18.2 Å². The van der Waals surface area contributed by atoms with Crippen molar-refractivity contribution in [3.63, 3.8) is 0 Å². The third kappa shape index (κ3) is 3.39. The minimum atomic E-state index is -0.153. The molecule has 1 aliphatic rings. The fourth-order valence-electron chi connectivity index (χ4n) is 3.10. The molecule has 1 fully saturated rings. The lowest BCUT2D eigenvalue weighted by Crippen LogP contribution is -2.41. The Morgan fingerprint density at radius 1 is 1.45 bits per heavy atom. The lowest BCUT2D eigenvalue weighted by molar-refractivity contribution is 0.0630. The van der Waals surface area contributed by atoms with Gasteiger partial charge in [-0.25, -0.2) is 4.39 Å². The molecule has 1 N–H and O–H groups in total. The van der Waals surface area contributed by atoms with E-state index in [0.717, 1.165) is 44.5 Å². The van der Waals surface area contributed by atoms with Gasteiger partial charge in [-0.2, -0.15) is 0 Å². The van der Waals surface area contributed by atoms with E-state index in [0.29, 0.717) is 0 Å². The summed E-state index contributed by atoms with van der Waals surface area (Å²) in [6.45, 7) is 9.18. The maximum Gasteiger partial charge on any atom is 0.123 e. The molecule has 0 amide bonds. The molecule has 0 saturated carbocycles. The van der Waals surface area contributed by atoms with E-state index in [2.05, 4.69) is 19.2 Å². The highest BCUT2D eigenvalue weighted by Gasteiger charge is 2.41. The second-order valence-electron chi connectivity index (χ2n) is 6.05. The third-order valence-electron chi connectivity index (χ3n) is 4.58. The van der Waals surface area contributed by atoms with E-state index in [1.807, 2.05) is 13.0 Å². The highest BCUT2D eigenvalue weighted by Crippen LogP contribution is 2.38. The van der Waals surface area contributed by atoms with Crippen LogP contribution in [0.4, 0.5) is 4.39 Å². The molecule has 1 aromatic rings. The normalized spacial score (nSPS) is 26.1. The number of aryl methyl sites for hydroxylation is 1. The van der Waals surface area contributed by atoms with Gasteiger partial charge in [0.25, 0.3) is 0 Å². The van der Waals surface area contributed by atoms with Gasteiger partial charge in [0.2, 0.25) is 0 Å². The number of hydrogen-bond donors (Lipinski definition) is 1. The van der Waals surface area contributed by atoms with Gasteiger partial charge in [-0.1, -0.05) is 13.0 Å². The largest absolute Gasteiger partial charge is 0.378 e. The van der Waals surface area contributed by atoms with E-state index in [1.54, 1.807) is 12.1 Å². The molecule has 1 aliphatic heterocycles. The number of halogens is 1. The van der Waals surface area contributed by atoms with Crippen molar-refractivity contribution in [2.24, 2.45) is 5.41 Å². The summed E-state index contributed by atoms with van der Waals surface area (Å²) in [5, 5.41) is 3.55. The zero-order valence-corrected chi connectivity index (χ0v) is 12.8. The molecule has 2 atom stereocenters. The minimum Gasteiger partial charge on any atom is -0.378 e. The Morgan fingerprint density at radius 3 is 2.85 bits per heavy atom. The van der Waals surface area contributed by atoms with Gasteiger partial charge >= 0.3 is 0 Å². The van der Waals surface area contributed by atoms with E-state index in [9.17, 15) is 4.39 Å². The summed E-state index contributed by atoms with van der Waals surface area (Å²) in [5.41, 5.74) is 2.42. The third-order valence-corrected chi connectivity index (χ3v) is 4.58. The van der Waals surface area contributed by atoms with Crippen LogP contribution in [0.1, 0.15) is 37.8 Å². The van der Waals surface area contributed by atoms with Crippen molar-refractivity contribution in [1.29, 1.82) is 0 Å². The quantitative estimate of drug-likeness (QED) is 0.805. The van der Waals surface area contributed by atoms with Gasteiger partial charge in [-0.15, -0.1) is 0 Å². The molecule has 112 valence electrons. The lowest BCUT2D eigenvalue weighted by atomic mass is 9.75. The molecule has 2 unspecified atom stereocenters. The maximum atomic E-state index is 13.2. The number of rotatable bonds is 6. The summed E-state index contributed by atoms with van der Waals surface area (Å²) < 4.78 is 19.1. The van der Waals surface area contributed by atoms with Crippen LogP contribution < -0.4 is 5.32 Å². The molecule has 2 rings (SSSR count). The van der Waals surface area contributed by atoms with E-state index in [4.69, 9.17) is 4.74 Å². The van der Waals surface area contributed by atoms with Crippen molar-refractivity contribution >= 4 is 0 Å². The Bertz CT molecular complexity index is 449. The SMILES string of the molecule is CCCNCC1(Cc2ccc(F)cc2C)CCOC1C. The standard InChI is InChI=1S/C17H26FNO/c1-4-8-19-12-17(7-9-20-14(17)3)11-15-5-6-16(18)10-13(15)2/h5-6,10,14,19H,4,7-9,11-12H2,1-3H3. The van der Waals surface area contributed by atoms with Gasteiger partial charge < -0.3 is 10.1 Å². The van der Waals surface area contributed by atoms with Crippen molar-refractivity contribution in [3.8, 4) is 0 Å². The first-order chi connectivity index (χ1) is 9.57. The number of ether oxygens (including phenoxy) is 1. The van der Waals surface area contributed by atoms with Crippen LogP contribution in [0.2, 0.25) is 0 Å². The lowest BCUT2D eigenvalue weighted by Gasteiger charge is -2.33. The average molecular weight is 279 g/mol. The number of benzene rings is 1. The molecular formula is C17H26FNO. The molecule has 1 aromatic carbocycles. The zero-order valence-electron chi connectivity index (χ0n) is 12.8. The molecule has 1 saturated heterocycles. The fraction of sp³-hybridized carbons (Fsp3) is 0.647. The van der Waals surface area contributed by atoms with Gasteiger partial charge in [-0.05, 0) is 62.9 Å². The molecule has 0 spiro atoms. The van der Waals surface area contributed by atoms with Crippen molar-refractivity contribution < 1.29 is 9.13 Å². The number of nitrogens with one attached hydrogen (secondary N) is 1. The summed E-state index contributed by atoms with van der Waals surface area (Å²) in [7, 11) is 0. The summed E-state index contributed by atoms with van der Waals surface area (Å²) in [6, 6.07) is 5.12. The zero-order chi connectivity index (χ0) is 14.6. The molecule has 0 aromatic heterocycles. The van der Waals surface area contributed by atoms with Gasteiger partial charge in [0.05, 0.1) is 6.10 Å². The first-order valence-electron chi connectivity index (χ1n) is 7.65. The fourth-order valence-corrected chi connectivity index (χ4v) is 3.10. The molecule has 3 heteroatoms. The number of hydrogen-bond acceptors (Lipinski definition) is 2. The smallest absolute Gasteiger partial charge is 0.123 e. The summed E-state index contributed by atoms with van der Waals surface area (Å²) in [6.07, 6.45) is 3.41. The molecule has 1 heterocycles. The van der Waals surface area contributed by atoms with Crippen LogP contribution in [0.5, 0.6) is 0 Å². The van der Waals surface area contributed by atoms with E-state index >= 15 is 0 Å². The van der Waals surface area contributed by atoms with Gasteiger partial charge in [-0.3, -0.25) is 0 Å². The highest BCUT2D eigenvalue weighted by atomic mass is 19.1. The summed E-state index contributed by atoms with van der Waals surface area (Å²) in [5.74, 6) is -0.153. The van der Waals surface area contributed by atoms with E-state index < -0.39 is 0 Å². The molecular weight excluding hydrogens is 253 g/mol. The van der Waals surface area contributed by atoms with Crippen LogP contribution >= 0.6 is 0 Å². The van der Waals surface area contributed by atoms with Crippen LogP contribution in [-0.4, -0.2) is 25.8 Å². The topological polar surface area (TPSA) is 21.3 Å². The summed E-state index contributed by atoms with van der Waals surface area (Å²) in [4.78, 5) is 0. The second kappa shape index (κ2) is 6.68. The predicted octanol–water partition coefficient (Wildman–Crippen LogP) is 3.47. The predicted molar refractivity (Wildman–Crippen MR) is 80.5 cm³/mol. The molecule has 2 nitrogen and oxygen atoms in total. The van der Waals surface area contributed by atoms with Gasteiger partial charge in [0.1, 0.15) is 5.82 Å². The highest BCUT2D eigenvalue weighted by molar-refractivity contribution is 5.28. The van der Waals surface area contributed by atoms with Gasteiger partial charge in [0, 0.05) is 18.6 Å². The Balaban J connectivity index is 2.15. The maximum absolute atomic E-state index is 13.2. The van der Waals surface area contributed by atoms with Crippen LogP contribution in [-0.2, 0) is 11.2 Å². The Labute approximate surface area is 121 Å². The Kier molecular flexibility index (Phi) is 5.17. The summed E-state index contributed by atoms with van der Waals surface area (Å²) >= 11 is 0. The molecule has 20 heavy (non-hydrogen) atoms. The van der Waals surface area contributed by atoms with Crippen molar-refractivity contribution in [3.05, 3.63) is 35.1 Å². The first-order valence-corrected chi connectivity index (χ1v) is 7.65. The minimum absolute atomic E-state index is 0.137. The van der Waals surface area contributed by atoms with Crippen molar-refractivity contribution in [2.45, 2.75) is 46.1 Å². The van der Waals surface area contributed by atoms with Crippen LogP contribution in [0, 0.1) is 18.2 Å². The van der Waals surface area contributed by atoms with Crippen molar-refractivity contribution in [2.75, 3.05) is 19.7 Å². The molecule has 0 bridgehead atoms. The monoisotopic (exact) mass is 279 g/mol. The second-order valence-corrected chi connectivity index (χ2v) is 6.05. The molecule has 0 radical (unpaired) electrons. The van der Waals surface area contributed by atoms with Crippen LogP contribution in [0.3, 0.4) is 0 Å². The van der Waals surface area contributed by atoms with Gasteiger partial charge in [0.15, 0.2) is 0 Å². The van der Waals surface area contributed by atoms with E-state index in [-0.39, 0.29) is 17.3 Å². The first kappa shape index (κ1) is 15.5. The Morgan fingerprint density at radius 2 is 2.25 bits per heavy atom. The van der Waals surface area contributed by atoms with Crippen LogP contribution in [0.25, 0.3) is 0 Å². The average Bonchev–Trinajstić information content (AvgIpc) is 2.75.